The molecule has 2 heterocycles. The number of fused-ring (bicyclic) bond motifs is 1. The molecule has 0 atom stereocenters. The number of carbonyl (C=O) groups is 1. The second kappa shape index (κ2) is 6.19. The molecule has 0 aliphatic carbocycles. The lowest BCUT2D eigenvalue weighted by atomic mass is 10.1. The summed E-state index contributed by atoms with van der Waals surface area (Å²) in [6.07, 6.45) is 4.99. The Morgan fingerprint density at radius 3 is 2.79 bits per heavy atom. The SMILES string of the molecule is CC(C)c1nc(/C=C/c2ccc3c(c2)nnn3C)ncc1C(=O)O. The Balaban J connectivity index is 1.92. The molecule has 0 spiro atoms. The van der Waals surface area contributed by atoms with Crippen LogP contribution < -0.4 is 0 Å². The van der Waals surface area contributed by atoms with Crippen molar-refractivity contribution < 1.29 is 9.90 Å². The molecule has 0 amide bonds. The van der Waals surface area contributed by atoms with Crippen molar-refractivity contribution in [3.05, 3.63) is 47.0 Å². The Morgan fingerprint density at radius 1 is 1.29 bits per heavy atom. The van der Waals surface area contributed by atoms with Crippen LogP contribution in [-0.4, -0.2) is 36.0 Å². The van der Waals surface area contributed by atoms with E-state index in [9.17, 15) is 9.90 Å². The van der Waals surface area contributed by atoms with Gasteiger partial charge in [0.25, 0.3) is 0 Å². The van der Waals surface area contributed by atoms with Crippen LogP contribution in [0, 0.1) is 0 Å². The maximum atomic E-state index is 11.2. The molecule has 122 valence electrons. The molecule has 0 radical (unpaired) electrons. The minimum atomic E-state index is -1.01. The monoisotopic (exact) mass is 323 g/mol. The van der Waals surface area contributed by atoms with Gasteiger partial charge in [-0.25, -0.2) is 19.4 Å². The Labute approximate surface area is 138 Å². The summed E-state index contributed by atoms with van der Waals surface area (Å²) >= 11 is 0. The lowest BCUT2D eigenvalue weighted by Gasteiger charge is -2.08. The molecular weight excluding hydrogens is 306 g/mol. The highest BCUT2D eigenvalue weighted by Crippen LogP contribution is 2.18. The molecule has 3 aromatic rings. The van der Waals surface area contributed by atoms with E-state index < -0.39 is 5.97 Å². The summed E-state index contributed by atoms with van der Waals surface area (Å²) in [5.41, 5.74) is 3.38. The Kier molecular flexibility index (Phi) is 4.07. The van der Waals surface area contributed by atoms with Gasteiger partial charge in [0.05, 0.1) is 16.8 Å². The van der Waals surface area contributed by atoms with Crippen molar-refractivity contribution in [2.24, 2.45) is 7.05 Å². The molecule has 7 heteroatoms. The zero-order valence-electron chi connectivity index (χ0n) is 13.6. The highest BCUT2D eigenvalue weighted by atomic mass is 16.4. The van der Waals surface area contributed by atoms with Crippen LogP contribution in [0.1, 0.15) is 47.2 Å². The topological polar surface area (TPSA) is 93.8 Å². The summed E-state index contributed by atoms with van der Waals surface area (Å²) in [6, 6.07) is 5.83. The van der Waals surface area contributed by atoms with Crippen molar-refractivity contribution in [2.75, 3.05) is 0 Å². The predicted octanol–water partition coefficient (Wildman–Crippen LogP) is 2.75. The molecule has 7 nitrogen and oxygen atoms in total. The summed E-state index contributed by atoms with van der Waals surface area (Å²) < 4.78 is 1.71. The normalized spacial score (nSPS) is 11.7. The second-order valence-electron chi connectivity index (χ2n) is 5.78. The van der Waals surface area contributed by atoms with E-state index in [-0.39, 0.29) is 11.5 Å². The van der Waals surface area contributed by atoms with E-state index in [0.717, 1.165) is 16.6 Å². The lowest BCUT2D eigenvalue weighted by Crippen LogP contribution is -2.08. The predicted molar refractivity (Wildman–Crippen MR) is 90.5 cm³/mol. The molecule has 3 rings (SSSR count). The third-order valence-electron chi connectivity index (χ3n) is 3.67. The Hall–Kier alpha value is -3.09. The van der Waals surface area contributed by atoms with Gasteiger partial charge in [0, 0.05) is 13.2 Å². The number of hydrogen-bond acceptors (Lipinski definition) is 5. The maximum absolute atomic E-state index is 11.2. The first-order valence-corrected chi connectivity index (χ1v) is 7.53. The quantitative estimate of drug-likeness (QED) is 0.793. The van der Waals surface area contributed by atoms with Crippen molar-refractivity contribution in [3.63, 3.8) is 0 Å². The van der Waals surface area contributed by atoms with E-state index in [0.29, 0.717) is 11.5 Å². The first-order valence-electron chi connectivity index (χ1n) is 7.53. The van der Waals surface area contributed by atoms with Crippen molar-refractivity contribution in [2.45, 2.75) is 19.8 Å². The van der Waals surface area contributed by atoms with E-state index in [1.54, 1.807) is 10.8 Å². The minimum absolute atomic E-state index is 0.00203. The Bertz CT molecular complexity index is 943. The largest absolute Gasteiger partial charge is 0.478 e. The van der Waals surface area contributed by atoms with Gasteiger partial charge in [-0.05, 0) is 29.7 Å². The van der Waals surface area contributed by atoms with Crippen molar-refractivity contribution in [1.82, 2.24) is 25.0 Å². The molecule has 0 aliphatic rings. The molecule has 0 fully saturated rings. The highest BCUT2D eigenvalue weighted by Gasteiger charge is 2.15. The van der Waals surface area contributed by atoms with Crippen molar-refractivity contribution in [1.29, 1.82) is 0 Å². The number of aryl methyl sites for hydroxylation is 1. The van der Waals surface area contributed by atoms with E-state index >= 15 is 0 Å². The maximum Gasteiger partial charge on any atom is 0.339 e. The fraction of sp³-hybridized carbons (Fsp3) is 0.235. The van der Waals surface area contributed by atoms with Gasteiger partial charge >= 0.3 is 5.97 Å². The number of benzene rings is 1. The molecule has 0 unspecified atom stereocenters. The molecule has 1 aromatic carbocycles. The number of hydrogen-bond donors (Lipinski definition) is 1. The smallest absolute Gasteiger partial charge is 0.339 e. The molecule has 2 aromatic heterocycles. The van der Waals surface area contributed by atoms with Gasteiger partial charge in [-0.15, -0.1) is 5.10 Å². The van der Waals surface area contributed by atoms with Crippen LogP contribution in [0.25, 0.3) is 23.2 Å². The van der Waals surface area contributed by atoms with E-state index in [1.165, 1.54) is 6.20 Å². The Morgan fingerprint density at radius 2 is 2.08 bits per heavy atom. The molecule has 0 saturated heterocycles. The minimum Gasteiger partial charge on any atom is -0.478 e. The summed E-state index contributed by atoms with van der Waals surface area (Å²) in [5.74, 6) is -0.535. The average molecular weight is 323 g/mol. The highest BCUT2D eigenvalue weighted by molar-refractivity contribution is 5.88. The van der Waals surface area contributed by atoms with Crippen LogP contribution in [0.2, 0.25) is 0 Å². The van der Waals surface area contributed by atoms with Crippen LogP contribution >= 0.6 is 0 Å². The summed E-state index contributed by atoms with van der Waals surface area (Å²) in [5, 5.41) is 17.3. The summed E-state index contributed by atoms with van der Waals surface area (Å²) in [7, 11) is 1.84. The molecule has 1 N–H and O–H groups in total. The number of aromatic carboxylic acids is 1. The number of carboxylic acids is 1. The van der Waals surface area contributed by atoms with E-state index in [4.69, 9.17) is 0 Å². The molecule has 0 aliphatic heterocycles. The third-order valence-corrected chi connectivity index (χ3v) is 3.67. The summed E-state index contributed by atoms with van der Waals surface area (Å²) in [4.78, 5) is 19.7. The average Bonchev–Trinajstić information content (AvgIpc) is 2.93. The fourth-order valence-corrected chi connectivity index (χ4v) is 2.43. The second-order valence-corrected chi connectivity index (χ2v) is 5.78. The lowest BCUT2D eigenvalue weighted by molar-refractivity contribution is 0.0694. The molecular formula is C17H17N5O2. The van der Waals surface area contributed by atoms with Gasteiger partial charge in [-0.2, -0.15) is 0 Å². The van der Waals surface area contributed by atoms with Crippen LogP contribution in [-0.2, 0) is 7.05 Å². The number of nitrogens with zero attached hydrogens (tertiary/aromatic N) is 5. The van der Waals surface area contributed by atoms with Crippen LogP contribution in [0.3, 0.4) is 0 Å². The first-order chi connectivity index (χ1) is 11.5. The van der Waals surface area contributed by atoms with Crippen LogP contribution in [0.4, 0.5) is 0 Å². The van der Waals surface area contributed by atoms with Gasteiger partial charge in [-0.1, -0.05) is 31.2 Å². The van der Waals surface area contributed by atoms with Gasteiger partial charge in [0.15, 0.2) is 5.82 Å². The van der Waals surface area contributed by atoms with Crippen molar-refractivity contribution >= 4 is 29.2 Å². The zero-order valence-corrected chi connectivity index (χ0v) is 13.6. The molecule has 24 heavy (non-hydrogen) atoms. The fourth-order valence-electron chi connectivity index (χ4n) is 2.43. The molecule has 0 saturated carbocycles. The van der Waals surface area contributed by atoms with Gasteiger partial charge in [0.1, 0.15) is 5.52 Å². The zero-order chi connectivity index (χ0) is 17.3. The standard InChI is InChI=1S/C17H17N5O2/c1-10(2)16-12(17(23)24)9-18-15(19-16)7-5-11-4-6-14-13(8-11)20-21-22(14)3/h4-10H,1-3H3,(H,23,24)/b7-5+. The number of aromatic nitrogens is 5. The van der Waals surface area contributed by atoms with E-state index in [1.807, 2.05) is 45.2 Å². The van der Waals surface area contributed by atoms with Crippen LogP contribution in [0.15, 0.2) is 24.4 Å². The van der Waals surface area contributed by atoms with Gasteiger partial charge in [-0.3, -0.25) is 0 Å². The number of carboxylic acid groups (broad SMARTS) is 1. The summed E-state index contributed by atoms with van der Waals surface area (Å²) in [6.45, 7) is 3.81. The van der Waals surface area contributed by atoms with E-state index in [2.05, 4.69) is 20.3 Å². The number of rotatable bonds is 4. The van der Waals surface area contributed by atoms with Gasteiger partial charge in [0.2, 0.25) is 0 Å². The first kappa shape index (κ1) is 15.8. The van der Waals surface area contributed by atoms with Crippen molar-refractivity contribution in [3.8, 4) is 0 Å². The van der Waals surface area contributed by atoms with Gasteiger partial charge < -0.3 is 5.11 Å². The molecule has 0 bridgehead atoms. The van der Waals surface area contributed by atoms with Crippen LogP contribution in [0.5, 0.6) is 0 Å². The third kappa shape index (κ3) is 3.01.